The van der Waals surface area contributed by atoms with E-state index in [1.165, 1.54) is 12.2 Å². The first-order valence-corrected chi connectivity index (χ1v) is 6.14. The lowest BCUT2D eigenvalue weighted by molar-refractivity contribution is 0.564. The third kappa shape index (κ3) is 3.85. The molecule has 0 aromatic heterocycles. The molecule has 0 N–H and O–H groups in total. The molecule has 0 bridgehead atoms. The van der Waals surface area contributed by atoms with Crippen LogP contribution >= 0.6 is 0 Å². The fourth-order valence-electron chi connectivity index (χ4n) is 1.85. The van der Waals surface area contributed by atoms with Gasteiger partial charge in [0.1, 0.15) is 0 Å². The van der Waals surface area contributed by atoms with Gasteiger partial charge in [-0.1, -0.05) is 36.4 Å². The summed E-state index contributed by atoms with van der Waals surface area (Å²) >= 11 is 0. The second kappa shape index (κ2) is 6.95. The minimum Gasteiger partial charge on any atom is -0.211 e. The predicted molar refractivity (Wildman–Crippen MR) is 76.7 cm³/mol. The van der Waals surface area contributed by atoms with Crippen molar-refractivity contribution >= 4 is 23.9 Å². The third-order valence-corrected chi connectivity index (χ3v) is 2.89. The Balaban J connectivity index is 1.99. The molecule has 1 atom stereocenters. The van der Waals surface area contributed by atoms with Gasteiger partial charge in [0, 0.05) is 0 Å². The molecule has 0 heterocycles. The van der Waals surface area contributed by atoms with E-state index < -0.39 is 0 Å². The summed E-state index contributed by atoms with van der Waals surface area (Å²) in [6.07, 6.45) is 13.6. The Labute approximate surface area is 116 Å². The van der Waals surface area contributed by atoms with Crippen LogP contribution in [-0.4, -0.2) is 12.2 Å². The smallest absolute Gasteiger partial charge is 0.211 e. The van der Waals surface area contributed by atoms with Crippen molar-refractivity contribution in [2.45, 2.75) is 6.42 Å². The average molecular weight is 264 g/mol. The molecule has 4 heteroatoms. The van der Waals surface area contributed by atoms with Gasteiger partial charge in [0.15, 0.2) is 0 Å². The van der Waals surface area contributed by atoms with Crippen molar-refractivity contribution in [2.75, 3.05) is 0 Å². The number of rotatable bonds is 4. The number of hydrogen-bond acceptors (Lipinski definition) is 4. The van der Waals surface area contributed by atoms with Gasteiger partial charge in [0.2, 0.25) is 12.2 Å². The van der Waals surface area contributed by atoms with Crippen molar-refractivity contribution in [3.05, 3.63) is 59.8 Å². The second-order valence-corrected chi connectivity index (χ2v) is 4.24. The number of isocyanates is 2. The van der Waals surface area contributed by atoms with Crippen molar-refractivity contribution in [2.24, 2.45) is 15.9 Å². The highest BCUT2D eigenvalue weighted by Gasteiger charge is 2.04. The summed E-state index contributed by atoms with van der Waals surface area (Å²) in [5.41, 5.74) is 2.28. The number of aliphatic imine (C=N–C) groups is 2. The molecule has 1 aliphatic carbocycles. The van der Waals surface area contributed by atoms with Gasteiger partial charge in [-0.3, -0.25) is 0 Å². The monoisotopic (exact) mass is 264 g/mol. The maximum Gasteiger partial charge on any atom is 0.240 e. The largest absolute Gasteiger partial charge is 0.240 e. The van der Waals surface area contributed by atoms with Crippen LogP contribution in [0.15, 0.2) is 64.3 Å². The number of carbonyl (C=O) groups excluding carboxylic acids is 2. The van der Waals surface area contributed by atoms with Crippen molar-refractivity contribution < 1.29 is 9.59 Å². The molecule has 0 spiro atoms. The standard InChI is InChI=1S/C16H12N2O2/c19-11-17-15-7-3-13(4-8-15)1-2-14-5-9-16(10-6-14)18-12-20/h1-5,7-10,14H,6H2. The van der Waals surface area contributed by atoms with Crippen molar-refractivity contribution in [1.29, 1.82) is 0 Å². The molecule has 2 rings (SSSR count). The van der Waals surface area contributed by atoms with Crippen LogP contribution in [0, 0.1) is 5.92 Å². The highest BCUT2D eigenvalue weighted by atomic mass is 16.1. The van der Waals surface area contributed by atoms with Gasteiger partial charge in [-0.15, -0.1) is 0 Å². The summed E-state index contributed by atoms with van der Waals surface area (Å²) in [7, 11) is 0. The molecular weight excluding hydrogens is 252 g/mol. The van der Waals surface area contributed by atoms with Crippen LogP contribution in [0.5, 0.6) is 0 Å². The van der Waals surface area contributed by atoms with Gasteiger partial charge in [-0.25, -0.2) is 9.59 Å². The maximum atomic E-state index is 10.1. The summed E-state index contributed by atoms with van der Waals surface area (Å²) in [5.74, 6) is 0.285. The molecule has 1 unspecified atom stereocenters. The van der Waals surface area contributed by atoms with Crippen LogP contribution in [-0.2, 0) is 9.59 Å². The fraction of sp³-hybridized carbons (Fsp3) is 0.125. The number of nitrogens with zero attached hydrogens (tertiary/aromatic N) is 2. The minimum absolute atomic E-state index is 0.285. The zero-order valence-corrected chi connectivity index (χ0v) is 10.7. The second-order valence-electron chi connectivity index (χ2n) is 4.24. The van der Waals surface area contributed by atoms with E-state index in [9.17, 15) is 9.59 Å². The van der Waals surface area contributed by atoms with Gasteiger partial charge in [0.25, 0.3) is 0 Å². The molecule has 20 heavy (non-hydrogen) atoms. The van der Waals surface area contributed by atoms with Crippen molar-refractivity contribution in [3.8, 4) is 0 Å². The SMILES string of the molecule is O=C=NC1=CCC(C=Cc2ccc(N=C=O)cc2)C=C1. The van der Waals surface area contributed by atoms with E-state index in [2.05, 4.69) is 16.1 Å². The van der Waals surface area contributed by atoms with E-state index >= 15 is 0 Å². The molecule has 4 nitrogen and oxygen atoms in total. The summed E-state index contributed by atoms with van der Waals surface area (Å²) in [4.78, 5) is 27.3. The van der Waals surface area contributed by atoms with Crippen LogP contribution in [0.3, 0.4) is 0 Å². The molecule has 1 aliphatic rings. The van der Waals surface area contributed by atoms with E-state index in [0.29, 0.717) is 11.4 Å². The van der Waals surface area contributed by atoms with Crippen LogP contribution < -0.4 is 0 Å². The lowest BCUT2D eigenvalue weighted by Gasteiger charge is -2.09. The Kier molecular flexibility index (Phi) is 4.74. The summed E-state index contributed by atoms with van der Waals surface area (Å²) < 4.78 is 0. The van der Waals surface area contributed by atoms with Gasteiger partial charge < -0.3 is 0 Å². The summed E-state index contributed by atoms with van der Waals surface area (Å²) in [5, 5.41) is 0. The van der Waals surface area contributed by atoms with Gasteiger partial charge in [-0.2, -0.15) is 9.98 Å². The van der Waals surface area contributed by atoms with E-state index in [1.54, 1.807) is 12.1 Å². The topological polar surface area (TPSA) is 58.9 Å². The molecule has 1 aromatic rings. The van der Waals surface area contributed by atoms with Crippen molar-refractivity contribution in [3.63, 3.8) is 0 Å². The molecule has 0 radical (unpaired) electrons. The zero-order valence-electron chi connectivity index (χ0n) is 10.7. The van der Waals surface area contributed by atoms with Crippen LogP contribution in [0.1, 0.15) is 12.0 Å². The van der Waals surface area contributed by atoms with Gasteiger partial charge >= 0.3 is 0 Å². The Hall–Kier alpha value is -2.80. The first kappa shape index (κ1) is 13.6. The third-order valence-electron chi connectivity index (χ3n) is 2.89. The van der Waals surface area contributed by atoms with E-state index in [4.69, 9.17) is 0 Å². The first-order chi connectivity index (χ1) is 9.81. The predicted octanol–water partition coefficient (Wildman–Crippen LogP) is 3.46. The van der Waals surface area contributed by atoms with E-state index in [-0.39, 0.29) is 5.92 Å². The number of allylic oxidation sites excluding steroid dienone is 4. The van der Waals surface area contributed by atoms with E-state index in [1.807, 2.05) is 36.4 Å². The molecule has 0 fully saturated rings. The summed E-state index contributed by atoms with van der Waals surface area (Å²) in [6.45, 7) is 0. The Morgan fingerprint density at radius 1 is 1.10 bits per heavy atom. The molecule has 0 saturated carbocycles. The number of benzene rings is 1. The maximum absolute atomic E-state index is 10.1. The van der Waals surface area contributed by atoms with Crippen LogP contribution in [0.25, 0.3) is 6.08 Å². The number of hydrogen-bond donors (Lipinski definition) is 0. The highest BCUT2D eigenvalue weighted by molar-refractivity contribution is 5.56. The minimum atomic E-state index is 0.285. The zero-order chi connectivity index (χ0) is 14.2. The fourth-order valence-corrected chi connectivity index (χ4v) is 1.85. The molecule has 0 amide bonds. The Morgan fingerprint density at radius 3 is 2.45 bits per heavy atom. The first-order valence-electron chi connectivity index (χ1n) is 6.14. The van der Waals surface area contributed by atoms with E-state index in [0.717, 1.165) is 12.0 Å². The molecule has 98 valence electrons. The Morgan fingerprint density at radius 2 is 1.85 bits per heavy atom. The Bertz CT molecular complexity index is 656. The molecule has 1 aromatic carbocycles. The molecular formula is C16H12N2O2. The lowest BCUT2D eigenvalue weighted by atomic mass is 9.98. The molecule has 0 aliphatic heterocycles. The van der Waals surface area contributed by atoms with Crippen molar-refractivity contribution in [1.82, 2.24) is 0 Å². The highest BCUT2D eigenvalue weighted by Crippen LogP contribution is 2.20. The van der Waals surface area contributed by atoms with Gasteiger partial charge in [0.05, 0.1) is 11.4 Å². The average Bonchev–Trinajstić information content (AvgIpc) is 2.49. The normalized spacial score (nSPS) is 17.2. The van der Waals surface area contributed by atoms with Gasteiger partial charge in [-0.05, 0) is 36.1 Å². The quantitative estimate of drug-likeness (QED) is 0.617. The lowest BCUT2D eigenvalue weighted by Crippen LogP contribution is -1.95. The van der Waals surface area contributed by atoms with Crippen LogP contribution in [0.2, 0.25) is 0 Å². The summed E-state index contributed by atoms with van der Waals surface area (Å²) in [6, 6.07) is 7.30. The molecule has 0 saturated heterocycles. The van der Waals surface area contributed by atoms with Crippen LogP contribution in [0.4, 0.5) is 5.69 Å².